The van der Waals surface area contributed by atoms with Gasteiger partial charge in [-0.15, -0.1) is 0 Å². The third-order valence-corrected chi connectivity index (χ3v) is 6.72. The molecule has 0 aliphatic rings. The molecule has 0 saturated carbocycles. The van der Waals surface area contributed by atoms with Crippen LogP contribution in [0.3, 0.4) is 0 Å². The number of imidazole rings is 1. The van der Waals surface area contributed by atoms with Crippen LogP contribution in [0.5, 0.6) is 0 Å². The Morgan fingerprint density at radius 3 is 2.59 bits per heavy atom. The Labute approximate surface area is 181 Å². The highest BCUT2D eigenvalue weighted by atomic mass is 127. The maximum absolute atomic E-state index is 12.7. The molecule has 0 spiro atoms. The number of hydrogen-bond acceptors (Lipinski definition) is 5. The Kier molecular flexibility index (Phi) is 5.33. The van der Waals surface area contributed by atoms with E-state index in [9.17, 15) is 8.42 Å². The zero-order valence-corrected chi connectivity index (χ0v) is 18.3. The van der Waals surface area contributed by atoms with E-state index in [0.29, 0.717) is 5.69 Å². The molecule has 0 aliphatic heterocycles. The molecular formula is C20H16IN5O2S. The summed E-state index contributed by atoms with van der Waals surface area (Å²) in [5.41, 5.74) is 3.35. The largest absolute Gasteiger partial charge is 0.298 e. The van der Waals surface area contributed by atoms with Crippen LogP contribution in [0.1, 0.15) is 5.69 Å². The monoisotopic (exact) mass is 517 g/mol. The van der Waals surface area contributed by atoms with Gasteiger partial charge in [-0.05, 0) is 65.1 Å². The molecule has 4 aromatic rings. The summed E-state index contributed by atoms with van der Waals surface area (Å²) in [5.74, 6) is 0. The summed E-state index contributed by atoms with van der Waals surface area (Å²) in [6.07, 6.45) is 8.57. The first-order valence-electron chi connectivity index (χ1n) is 8.61. The van der Waals surface area contributed by atoms with E-state index in [2.05, 4.69) is 37.7 Å². The van der Waals surface area contributed by atoms with Crippen LogP contribution in [0.4, 0.5) is 0 Å². The number of benzene rings is 1. The van der Waals surface area contributed by atoms with Gasteiger partial charge in [0.2, 0.25) is 0 Å². The summed E-state index contributed by atoms with van der Waals surface area (Å²) >= 11 is 2.13. The van der Waals surface area contributed by atoms with Crippen molar-refractivity contribution in [3.8, 4) is 11.1 Å². The average Bonchev–Trinajstić information content (AvgIpc) is 3.15. The number of fused-ring (bicyclic) bond motifs is 1. The molecular weight excluding hydrogens is 501 g/mol. The lowest BCUT2D eigenvalue weighted by atomic mass is 10.1. The van der Waals surface area contributed by atoms with Gasteiger partial charge in [0.15, 0.2) is 0 Å². The van der Waals surface area contributed by atoms with Crippen molar-refractivity contribution >= 4 is 44.5 Å². The topological polar surface area (TPSA) is 79.9 Å². The SMILES string of the molecule is CN(N=Cc1cnc2ccc(-c3cccnc3)cn12)S(=O)(=O)c1ccc(I)cc1. The van der Waals surface area contributed by atoms with Crippen LogP contribution in [-0.2, 0) is 10.0 Å². The quantitative estimate of drug-likeness (QED) is 0.230. The first-order valence-corrected chi connectivity index (χ1v) is 11.1. The number of pyridine rings is 2. The lowest BCUT2D eigenvalue weighted by Crippen LogP contribution is -2.22. The van der Waals surface area contributed by atoms with Crippen LogP contribution in [0.2, 0.25) is 0 Å². The summed E-state index contributed by atoms with van der Waals surface area (Å²) in [4.78, 5) is 8.69. The minimum absolute atomic E-state index is 0.189. The Bertz CT molecular complexity index is 1290. The lowest BCUT2D eigenvalue weighted by molar-refractivity contribution is 0.491. The van der Waals surface area contributed by atoms with Crippen LogP contribution in [0.15, 0.2) is 83.3 Å². The first-order chi connectivity index (χ1) is 13.9. The molecule has 7 nitrogen and oxygen atoms in total. The van der Waals surface area contributed by atoms with Crippen molar-refractivity contribution in [3.63, 3.8) is 0 Å². The predicted molar refractivity (Wildman–Crippen MR) is 120 cm³/mol. The third kappa shape index (κ3) is 4.01. The minimum Gasteiger partial charge on any atom is -0.298 e. The van der Waals surface area contributed by atoms with E-state index < -0.39 is 10.0 Å². The highest BCUT2D eigenvalue weighted by molar-refractivity contribution is 14.1. The van der Waals surface area contributed by atoms with Crippen molar-refractivity contribution in [3.05, 3.63) is 82.6 Å². The number of sulfonamides is 1. The number of hydrogen-bond donors (Lipinski definition) is 0. The molecule has 0 unspecified atom stereocenters. The number of nitrogens with zero attached hydrogens (tertiary/aromatic N) is 5. The van der Waals surface area contributed by atoms with Gasteiger partial charge >= 0.3 is 0 Å². The molecule has 1 aromatic carbocycles. The summed E-state index contributed by atoms with van der Waals surface area (Å²) in [5, 5.41) is 4.13. The fraction of sp³-hybridized carbons (Fsp3) is 0.0500. The van der Waals surface area contributed by atoms with Gasteiger partial charge in [-0.3, -0.25) is 9.38 Å². The van der Waals surface area contributed by atoms with Crippen molar-refractivity contribution < 1.29 is 8.42 Å². The molecule has 3 aromatic heterocycles. The molecule has 0 bridgehead atoms. The highest BCUT2D eigenvalue weighted by Gasteiger charge is 2.19. The third-order valence-electron chi connectivity index (χ3n) is 4.34. The Hall–Kier alpha value is -2.79. The van der Waals surface area contributed by atoms with Gasteiger partial charge in [0.25, 0.3) is 10.0 Å². The van der Waals surface area contributed by atoms with E-state index in [1.807, 2.05) is 34.9 Å². The van der Waals surface area contributed by atoms with Crippen molar-refractivity contribution in [2.75, 3.05) is 7.05 Å². The van der Waals surface area contributed by atoms with E-state index in [0.717, 1.165) is 24.8 Å². The molecule has 0 fully saturated rings. The number of hydrazone groups is 1. The zero-order chi connectivity index (χ0) is 20.4. The van der Waals surface area contributed by atoms with E-state index in [-0.39, 0.29) is 4.90 Å². The van der Waals surface area contributed by atoms with Crippen LogP contribution >= 0.6 is 22.6 Å². The number of halogens is 1. The van der Waals surface area contributed by atoms with E-state index in [1.165, 1.54) is 13.3 Å². The smallest absolute Gasteiger partial charge is 0.278 e. The maximum atomic E-state index is 12.7. The molecule has 0 amide bonds. The predicted octanol–water partition coefficient (Wildman–Crippen LogP) is 3.66. The van der Waals surface area contributed by atoms with Gasteiger partial charge in [0.05, 0.1) is 23.0 Å². The van der Waals surface area contributed by atoms with Crippen molar-refractivity contribution in [1.82, 2.24) is 18.8 Å². The Morgan fingerprint density at radius 2 is 1.86 bits per heavy atom. The molecule has 3 heterocycles. The highest BCUT2D eigenvalue weighted by Crippen LogP contribution is 2.20. The molecule has 0 saturated heterocycles. The maximum Gasteiger partial charge on any atom is 0.278 e. The van der Waals surface area contributed by atoms with Crippen molar-refractivity contribution in [2.24, 2.45) is 5.10 Å². The van der Waals surface area contributed by atoms with Crippen LogP contribution < -0.4 is 0 Å². The summed E-state index contributed by atoms with van der Waals surface area (Å²) in [6.45, 7) is 0. The number of aromatic nitrogens is 3. The Balaban J connectivity index is 1.65. The second-order valence-electron chi connectivity index (χ2n) is 6.21. The van der Waals surface area contributed by atoms with E-state index in [1.54, 1.807) is 42.9 Å². The van der Waals surface area contributed by atoms with Gasteiger partial charge < -0.3 is 0 Å². The first kappa shape index (κ1) is 19.5. The second-order valence-corrected chi connectivity index (χ2v) is 9.40. The normalized spacial score (nSPS) is 11.9. The summed E-state index contributed by atoms with van der Waals surface area (Å²) in [7, 11) is -2.31. The lowest BCUT2D eigenvalue weighted by Gasteiger charge is -2.13. The van der Waals surface area contributed by atoms with E-state index >= 15 is 0 Å². The average molecular weight is 517 g/mol. The van der Waals surface area contributed by atoms with Crippen LogP contribution in [0.25, 0.3) is 16.8 Å². The van der Waals surface area contributed by atoms with E-state index in [4.69, 9.17) is 0 Å². The fourth-order valence-corrected chi connectivity index (χ4v) is 4.08. The molecule has 146 valence electrons. The van der Waals surface area contributed by atoms with Gasteiger partial charge in [-0.1, -0.05) is 6.07 Å². The molecule has 9 heteroatoms. The molecule has 29 heavy (non-hydrogen) atoms. The fourth-order valence-electron chi connectivity index (χ4n) is 2.76. The van der Waals surface area contributed by atoms with Gasteiger partial charge in [0.1, 0.15) is 5.65 Å². The van der Waals surface area contributed by atoms with Crippen molar-refractivity contribution in [1.29, 1.82) is 0 Å². The molecule has 0 N–H and O–H groups in total. The Morgan fingerprint density at radius 1 is 1.07 bits per heavy atom. The zero-order valence-electron chi connectivity index (χ0n) is 15.3. The standard InChI is InChI=1S/C20H16IN5O2S/c1-25(29(27,28)19-7-5-17(21)6-8-19)24-13-18-12-23-20-9-4-16(14-26(18)20)15-3-2-10-22-11-15/h2-14H,1H3. The number of rotatable bonds is 5. The molecule has 4 rings (SSSR count). The summed E-state index contributed by atoms with van der Waals surface area (Å²) in [6, 6.07) is 14.3. The summed E-state index contributed by atoms with van der Waals surface area (Å²) < 4.78 is 29.1. The molecule has 0 aliphatic carbocycles. The van der Waals surface area contributed by atoms with Gasteiger partial charge in [0, 0.05) is 40.3 Å². The van der Waals surface area contributed by atoms with Gasteiger partial charge in [-0.2, -0.15) is 17.9 Å². The van der Waals surface area contributed by atoms with Crippen LogP contribution in [0, 0.1) is 3.57 Å². The van der Waals surface area contributed by atoms with Crippen LogP contribution in [-0.4, -0.2) is 40.5 Å². The second kappa shape index (κ2) is 7.91. The van der Waals surface area contributed by atoms with Gasteiger partial charge in [-0.25, -0.2) is 4.98 Å². The molecule has 0 radical (unpaired) electrons. The minimum atomic E-state index is -3.72. The molecule has 0 atom stereocenters. The van der Waals surface area contributed by atoms with Crippen molar-refractivity contribution in [2.45, 2.75) is 4.90 Å².